The Balaban J connectivity index is 3.00. The van der Waals surface area contributed by atoms with Gasteiger partial charge in [0.1, 0.15) is 11.9 Å². The number of aliphatic hydroxyl groups excluding tert-OH is 1. The van der Waals surface area contributed by atoms with Gasteiger partial charge in [0.05, 0.1) is 0 Å². The Kier molecular flexibility index (Phi) is 3.31. The van der Waals surface area contributed by atoms with E-state index in [9.17, 15) is 18.0 Å². The standard InChI is InChI=1S/C9H7F3O3/c1-4(13)9(14)15-8-6(11)2-5(10)3-7(8)12/h2-4,13H,1H3. The fourth-order valence-corrected chi connectivity index (χ4v) is 0.812. The van der Waals surface area contributed by atoms with Crippen LogP contribution in [0.5, 0.6) is 5.75 Å². The van der Waals surface area contributed by atoms with Crippen LogP contribution in [0.15, 0.2) is 12.1 Å². The molecule has 82 valence electrons. The highest BCUT2D eigenvalue weighted by atomic mass is 19.1. The number of esters is 1. The highest BCUT2D eigenvalue weighted by Crippen LogP contribution is 2.22. The van der Waals surface area contributed by atoms with Crippen molar-refractivity contribution in [1.29, 1.82) is 0 Å². The first kappa shape index (κ1) is 11.5. The molecule has 0 aliphatic rings. The molecule has 1 aromatic carbocycles. The molecule has 3 nitrogen and oxygen atoms in total. The third-order valence-electron chi connectivity index (χ3n) is 1.51. The summed E-state index contributed by atoms with van der Waals surface area (Å²) in [5.41, 5.74) is 0. The van der Waals surface area contributed by atoms with Gasteiger partial charge in [-0.05, 0) is 6.92 Å². The Morgan fingerprint density at radius 1 is 1.33 bits per heavy atom. The lowest BCUT2D eigenvalue weighted by Crippen LogP contribution is -2.23. The van der Waals surface area contributed by atoms with E-state index < -0.39 is 35.3 Å². The summed E-state index contributed by atoms with van der Waals surface area (Å²) in [6.07, 6.45) is -1.52. The summed E-state index contributed by atoms with van der Waals surface area (Å²) in [6, 6.07) is 0.738. The van der Waals surface area contributed by atoms with Gasteiger partial charge in [0, 0.05) is 12.1 Å². The molecule has 0 aliphatic heterocycles. The van der Waals surface area contributed by atoms with Gasteiger partial charge in [0.25, 0.3) is 0 Å². The molecule has 15 heavy (non-hydrogen) atoms. The quantitative estimate of drug-likeness (QED) is 0.605. The van der Waals surface area contributed by atoms with Crippen molar-refractivity contribution >= 4 is 5.97 Å². The molecule has 0 saturated carbocycles. The number of carbonyl (C=O) groups is 1. The first-order chi connectivity index (χ1) is 6.91. The molecule has 0 aromatic heterocycles. The third kappa shape index (κ3) is 2.69. The second kappa shape index (κ2) is 4.31. The van der Waals surface area contributed by atoms with E-state index in [1.54, 1.807) is 0 Å². The Hall–Kier alpha value is -1.56. The summed E-state index contributed by atoms with van der Waals surface area (Å²) in [5, 5.41) is 8.73. The third-order valence-corrected chi connectivity index (χ3v) is 1.51. The highest BCUT2D eigenvalue weighted by molar-refractivity contribution is 5.76. The maximum Gasteiger partial charge on any atom is 0.340 e. The molecule has 1 rings (SSSR count). The summed E-state index contributed by atoms with van der Waals surface area (Å²) in [4.78, 5) is 10.8. The zero-order valence-corrected chi connectivity index (χ0v) is 7.63. The molecule has 1 aromatic rings. The molecule has 0 heterocycles. The minimum atomic E-state index is -1.52. The fourth-order valence-electron chi connectivity index (χ4n) is 0.812. The van der Waals surface area contributed by atoms with Crippen molar-refractivity contribution in [3.05, 3.63) is 29.6 Å². The number of benzene rings is 1. The average Bonchev–Trinajstić information content (AvgIpc) is 2.10. The van der Waals surface area contributed by atoms with E-state index in [4.69, 9.17) is 5.11 Å². The topological polar surface area (TPSA) is 46.5 Å². The maximum absolute atomic E-state index is 12.9. The number of halogens is 3. The van der Waals surface area contributed by atoms with Crippen molar-refractivity contribution in [3.63, 3.8) is 0 Å². The van der Waals surface area contributed by atoms with Crippen LogP contribution in [-0.2, 0) is 4.79 Å². The molecule has 6 heteroatoms. The van der Waals surface area contributed by atoms with E-state index in [2.05, 4.69) is 4.74 Å². The molecule has 0 aliphatic carbocycles. The molecule has 1 N–H and O–H groups in total. The molecule has 0 saturated heterocycles. The smallest absolute Gasteiger partial charge is 0.340 e. The molecule has 0 radical (unpaired) electrons. The van der Waals surface area contributed by atoms with Crippen LogP contribution < -0.4 is 4.74 Å². The zero-order valence-electron chi connectivity index (χ0n) is 7.63. The number of rotatable bonds is 2. The summed E-state index contributed by atoms with van der Waals surface area (Å²) in [7, 11) is 0. The Morgan fingerprint density at radius 2 is 1.80 bits per heavy atom. The van der Waals surface area contributed by atoms with Crippen molar-refractivity contribution in [2.24, 2.45) is 0 Å². The van der Waals surface area contributed by atoms with Crippen LogP contribution in [0.2, 0.25) is 0 Å². The van der Waals surface area contributed by atoms with Gasteiger partial charge in [-0.25, -0.2) is 18.0 Å². The second-order valence-corrected chi connectivity index (χ2v) is 2.80. The van der Waals surface area contributed by atoms with Gasteiger partial charge in [0.15, 0.2) is 11.6 Å². The van der Waals surface area contributed by atoms with Crippen LogP contribution in [0.25, 0.3) is 0 Å². The second-order valence-electron chi connectivity index (χ2n) is 2.80. The van der Waals surface area contributed by atoms with Crippen LogP contribution >= 0.6 is 0 Å². The van der Waals surface area contributed by atoms with Crippen molar-refractivity contribution in [2.75, 3.05) is 0 Å². The van der Waals surface area contributed by atoms with Crippen LogP contribution in [0.1, 0.15) is 6.92 Å². The van der Waals surface area contributed by atoms with E-state index in [-0.39, 0.29) is 0 Å². The van der Waals surface area contributed by atoms with Crippen LogP contribution in [0, 0.1) is 17.5 Å². The van der Waals surface area contributed by atoms with Gasteiger partial charge >= 0.3 is 5.97 Å². The van der Waals surface area contributed by atoms with Crippen LogP contribution in [0.3, 0.4) is 0 Å². The van der Waals surface area contributed by atoms with E-state index in [1.807, 2.05) is 0 Å². The summed E-state index contributed by atoms with van der Waals surface area (Å²) in [6.45, 7) is 1.07. The molecular weight excluding hydrogens is 213 g/mol. The number of ether oxygens (including phenoxy) is 1. The normalized spacial score (nSPS) is 12.3. The summed E-state index contributed by atoms with van der Waals surface area (Å²) < 4.78 is 42.4. The van der Waals surface area contributed by atoms with Crippen molar-refractivity contribution in [2.45, 2.75) is 13.0 Å². The molecule has 0 bridgehead atoms. The largest absolute Gasteiger partial charge is 0.418 e. The van der Waals surface area contributed by atoms with Crippen molar-refractivity contribution in [1.82, 2.24) is 0 Å². The number of carbonyl (C=O) groups excluding carboxylic acids is 1. The van der Waals surface area contributed by atoms with Gasteiger partial charge in [-0.1, -0.05) is 0 Å². The first-order valence-electron chi connectivity index (χ1n) is 3.96. The number of hydrogen-bond donors (Lipinski definition) is 1. The van der Waals surface area contributed by atoms with E-state index in [0.717, 1.165) is 6.92 Å². The number of hydrogen-bond acceptors (Lipinski definition) is 3. The predicted molar refractivity (Wildman–Crippen MR) is 43.6 cm³/mol. The van der Waals surface area contributed by atoms with Gasteiger partial charge < -0.3 is 9.84 Å². The molecule has 0 spiro atoms. The van der Waals surface area contributed by atoms with Gasteiger partial charge in [-0.3, -0.25) is 0 Å². The lowest BCUT2D eigenvalue weighted by atomic mass is 10.3. The Morgan fingerprint density at radius 3 is 2.20 bits per heavy atom. The van der Waals surface area contributed by atoms with E-state index in [1.165, 1.54) is 0 Å². The Labute approximate surface area is 83.1 Å². The lowest BCUT2D eigenvalue weighted by Gasteiger charge is -2.07. The zero-order chi connectivity index (χ0) is 11.6. The van der Waals surface area contributed by atoms with Gasteiger partial charge in [-0.2, -0.15) is 0 Å². The van der Waals surface area contributed by atoms with Crippen LogP contribution in [0.4, 0.5) is 13.2 Å². The van der Waals surface area contributed by atoms with Gasteiger partial charge in [-0.15, -0.1) is 0 Å². The number of aliphatic hydroxyl groups is 1. The predicted octanol–water partition coefficient (Wildman–Crippen LogP) is 1.39. The lowest BCUT2D eigenvalue weighted by molar-refractivity contribution is -0.143. The molecule has 0 fully saturated rings. The molecule has 1 unspecified atom stereocenters. The average molecular weight is 220 g/mol. The van der Waals surface area contributed by atoms with E-state index in [0.29, 0.717) is 12.1 Å². The maximum atomic E-state index is 12.9. The van der Waals surface area contributed by atoms with Crippen molar-refractivity contribution in [3.8, 4) is 5.75 Å². The van der Waals surface area contributed by atoms with Crippen LogP contribution in [-0.4, -0.2) is 17.2 Å². The SMILES string of the molecule is CC(O)C(=O)Oc1c(F)cc(F)cc1F. The minimum absolute atomic E-state index is 0.369. The fraction of sp³-hybridized carbons (Fsp3) is 0.222. The van der Waals surface area contributed by atoms with Gasteiger partial charge in [0.2, 0.25) is 5.75 Å². The van der Waals surface area contributed by atoms with Crippen molar-refractivity contribution < 1.29 is 27.8 Å². The summed E-state index contributed by atoms with van der Waals surface area (Å²) in [5.74, 6) is -6.06. The summed E-state index contributed by atoms with van der Waals surface area (Å²) >= 11 is 0. The molecule has 0 amide bonds. The molecule has 1 atom stereocenters. The Bertz CT molecular complexity index is 367. The highest BCUT2D eigenvalue weighted by Gasteiger charge is 2.19. The molecular formula is C9H7F3O3. The monoisotopic (exact) mass is 220 g/mol. The minimum Gasteiger partial charge on any atom is -0.418 e. The first-order valence-corrected chi connectivity index (χ1v) is 3.96. The van der Waals surface area contributed by atoms with E-state index >= 15 is 0 Å².